The molecule has 8 heteroatoms. The van der Waals surface area contributed by atoms with Crippen molar-refractivity contribution in [3.63, 3.8) is 0 Å². The zero-order valence-corrected chi connectivity index (χ0v) is 14.5. The Morgan fingerprint density at radius 2 is 1.93 bits per heavy atom. The highest BCUT2D eigenvalue weighted by Crippen LogP contribution is 2.33. The molecule has 0 aliphatic carbocycles. The van der Waals surface area contributed by atoms with Crippen molar-refractivity contribution in [3.05, 3.63) is 53.8 Å². The van der Waals surface area contributed by atoms with Crippen molar-refractivity contribution in [1.82, 2.24) is 0 Å². The molecule has 27 heavy (non-hydrogen) atoms. The number of para-hydroxylation sites is 2. The summed E-state index contributed by atoms with van der Waals surface area (Å²) in [5, 5.41) is 2.22. The Balaban J connectivity index is 1.76. The first-order valence-electron chi connectivity index (χ1n) is 8.39. The van der Waals surface area contributed by atoms with E-state index < -0.39 is 35.0 Å². The molecule has 0 spiro atoms. The first kappa shape index (κ1) is 18.8. The smallest absolute Gasteiger partial charge is 0.229 e. The van der Waals surface area contributed by atoms with Crippen LogP contribution in [0.4, 0.5) is 24.5 Å². The van der Waals surface area contributed by atoms with Gasteiger partial charge in [-0.2, -0.15) is 0 Å². The number of anilines is 2. The van der Waals surface area contributed by atoms with Crippen LogP contribution in [0.2, 0.25) is 0 Å². The van der Waals surface area contributed by atoms with Crippen molar-refractivity contribution in [2.45, 2.75) is 13.3 Å². The summed E-state index contributed by atoms with van der Waals surface area (Å²) in [5.74, 6) is -5.67. The lowest BCUT2D eigenvalue weighted by Gasteiger charge is -2.20. The summed E-state index contributed by atoms with van der Waals surface area (Å²) >= 11 is 0. The number of amides is 2. The summed E-state index contributed by atoms with van der Waals surface area (Å²) in [6, 6.07) is 8.59. The van der Waals surface area contributed by atoms with Crippen LogP contribution < -0.4 is 15.0 Å². The average Bonchev–Trinajstić information content (AvgIpc) is 3.04. The van der Waals surface area contributed by atoms with Crippen LogP contribution in [0, 0.1) is 23.4 Å². The summed E-state index contributed by atoms with van der Waals surface area (Å²) in [5.41, 5.74) is 0.0678. The average molecular weight is 378 g/mol. The second kappa shape index (κ2) is 7.69. The van der Waals surface area contributed by atoms with Crippen LogP contribution in [0.1, 0.15) is 13.3 Å². The maximum Gasteiger partial charge on any atom is 0.229 e. The molecule has 1 aliphatic heterocycles. The van der Waals surface area contributed by atoms with Crippen LogP contribution in [0.25, 0.3) is 0 Å². The fourth-order valence-corrected chi connectivity index (χ4v) is 2.93. The molecule has 2 aromatic carbocycles. The van der Waals surface area contributed by atoms with Gasteiger partial charge in [0.1, 0.15) is 5.75 Å². The number of nitrogens with zero attached hydrogens (tertiary/aromatic N) is 1. The van der Waals surface area contributed by atoms with E-state index in [1.807, 2.05) is 6.92 Å². The lowest BCUT2D eigenvalue weighted by molar-refractivity contribution is -0.122. The predicted octanol–water partition coefficient (Wildman–Crippen LogP) is 3.49. The molecule has 2 amide bonds. The number of nitrogens with one attached hydrogen (secondary N) is 1. The summed E-state index contributed by atoms with van der Waals surface area (Å²) in [6.45, 7) is 2.30. The molecule has 1 aliphatic rings. The largest absolute Gasteiger partial charge is 0.492 e. The quantitative estimate of drug-likeness (QED) is 0.811. The van der Waals surface area contributed by atoms with Crippen LogP contribution in [0.5, 0.6) is 5.75 Å². The van der Waals surface area contributed by atoms with Gasteiger partial charge in [0, 0.05) is 13.0 Å². The molecule has 1 fully saturated rings. The van der Waals surface area contributed by atoms with E-state index in [2.05, 4.69) is 5.32 Å². The standard InChI is InChI=1S/C19H17F3N2O3/c1-2-27-15-6-4-3-5-14(15)24-10-11(9-16(24)25)19(26)23-13-8-7-12(20)17(21)18(13)22/h3-8,11H,2,9-10H2,1H3,(H,23,26). The Morgan fingerprint density at radius 3 is 2.67 bits per heavy atom. The molecular formula is C19H17F3N2O3. The Labute approximate surface area is 153 Å². The monoisotopic (exact) mass is 378 g/mol. The Bertz CT molecular complexity index is 888. The van der Waals surface area contributed by atoms with Gasteiger partial charge >= 0.3 is 0 Å². The summed E-state index contributed by atoms with van der Waals surface area (Å²) in [7, 11) is 0. The van der Waals surface area contributed by atoms with Crippen molar-refractivity contribution in [1.29, 1.82) is 0 Å². The molecule has 1 atom stereocenters. The minimum absolute atomic E-state index is 0.0695. The highest BCUT2D eigenvalue weighted by atomic mass is 19.2. The molecule has 0 bridgehead atoms. The fourth-order valence-electron chi connectivity index (χ4n) is 2.93. The van der Waals surface area contributed by atoms with Gasteiger partial charge in [-0.15, -0.1) is 0 Å². The van der Waals surface area contributed by atoms with Gasteiger partial charge < -0.3 is 15.0 Å². The number of ether oxygens (including phenoxy) is 1. The number of carbonyl (C=O) groups excluding carboxylic acids is 2. The molecule has 1 heterocycles. The number of hydrogen-bond donors (Lipinski definition) is 1. The zero-order valence-electron chi connectivity index (χ0n) is 14.5. The number of rotatable bonds is 5. The molecule has 142 valence electrons. The van der Waals surface area contributed by atoms with Gasteiger partial charge in [-0.05, 0) is 31.2 Å². The van der Waals surface area contributed by atoms with Crippen LogP contribution in [-0.2, 0) is 9.59 Å². The van der Waals surface area contributed by atoms with Gasteiger partial charge in [0.25, 0.3) is 0 Å². The van der Waals surface area contributed by atoms with E-state index in [0.717, 1.165) is 12.1 Å². The van der Waals surface area contributed by atoms with Crippen molar-refractivity contribution >= 4 is 23.2 Å². The third-order valence-corrected chi connectivity index (χ3v) is 4.24. The maximum atomic E-state index is 13.7. The van der Waals surface area contributed by atoms with E-state index >= 15 is 0 Å². The molecule has 0 aromatic heterocycles. The summed E-state index contributed by atoms with van der Waals surface area (Å²) in [6.07, 6.45) is -0.0857. The first-order chi connectivity index (χ1) is 12.9. The molecule has 0 saturated carbocycles. The van der Waals surface area contributed by atoms with Gasteiger partial charge in [0.15, 0.2) is 17.5 Å². The molecule has 1 unspecified atom stereocenters. The summed E-state index contributed by atoms with van der Waals surface area (Å²) in [4.78, 5) is 26.2. The van der Waals surface area contributed by atoms with Gasteiger partial charge in [-0.25, -0.2) is 13.2 Å². The van der Waals surface area contributed by atoms with Crippen LogP contribution in [-0.4, -0.2) is 25.0 Å². The Morgan fingerprint density at radius 1 is 1.19 bits per heavy atom. The van der Waals surface area contributed by atoms with E-state index in [-0.39, 0.29) is 18.9 Å². The number of carbonyl (C=O) groups is 2. The van der Waals surface area contributed by atoms with Crippen LogP contribution >= 0.6 is 0 Å². The van der Waals surface area contributed by atoms with E-state index in [4.69, 9.17) is 4.74 Å². The fraction of sp³-hybridized carbons (Fsp3) is 0.263. The van der Waals surface area contributed by atoms with Gasteiger partial charge in [-0.3, -0.25) is 9.59 Å². The predicted molar refractivity (Wildman–Crippen MR) is 93.0 cm³/mol. The minimum atomic E-state index is -1.66. The SMILES string of the molecule is CCOc1ccccc1N1CC(C(=O)Nc2ccc(F)c(F)c2F)CC1=O. The highest BCUT2D eigenvalue weighted by molar-refractivity contribution is 6.04. The Kier molecular flexibility index (Phi) is 5.34. The zero-order chi connectivity index (χ0) is 19.6. The molecule has 0 radical (unpaired) electrons. The van der Waals surface area contributed by atoms with Crippen molar-refractivity contribution < 1.29 is 27.5 Å². The highest BCUT2D eigenvalue weighted by Gasteiger charge is 2.36. The van der Waals surface area contributed by atoms with Crippen LogP contribution in [0.3, 0.4) is 0 Å². The minimum Gasteiger partial charge on any atom is -0.492 e. The normalized spacial score (nSPS) is 16.5. The van der Waals surface area contributed by atoms with Crippen molar-refractivity contribution in [2.24, 2.45) is 5.92 Å². The van der Waals surface area contributed by atoms with Gasteiger partial charge in [-0.1, -0.05) is 12.1 Å². The van der Waals surface area contributed by atoms with E-state index in [1.165, 1.54) is 4.90 Å². The lowest BCUT2D eigenvalue weighted by Crippen LogP contribution is -2.28. The molecule has 1 saturated heterocycles. The molecular weight excluding hydrogens is 361 g/mol. The second-order valence-corrected chi connectivity index (χ2v) is 6.02. The van der Waals surface area contributed by atoms with E-state index in [9.17, 15) is 22.8 Å². The lowest BCUT2D eigenvalue weighted by atomic mass is 10.1. The van der Waals surface area contributed by atoms with Gasteiger partial charge in [0.2, 0.25) is 11.8 Å². The van der Waals surface area contributed by atoms with E-state index in [1.54, 1.807) is 24.3 Å². The van der Waals surface area contributed by atoms with Crippen molar-refractivity contribution in [3.8, 4) is 5.75 Å². The number of hydrogen-bond acceptors (Lipinski definition) is 3. The van der Waals surface area contributed by atoms with Crippen molar-refractivity contribution in [2.75, 3.05) is 23.4 Å². The number of halogens is 3. The molecule has 2 aromatic rings. The maximum absolute atomic E-state index is 13.7. The third-order valence-electron chi connectivity index (χ3n) is 4.24. The second-order valence-electron chi connectivity index (χ2n) is 6.02. The molecule has 5 nitrogen and oxygen atoms in total. The third kappa shape index (κ3) is 3.74. The molecule has 1 N–H and O–H groups in total. The first-order valence-corrected chi connectivity index (χ1v) is 8.39. The van der Waals surface area contributed by atoms with E-state index in [0.29, 0.717) is 18.0 Å². The summed E-state index contributed by atoms with van der Waals surface area (Å²) < 4.78 is 45.6. The topological polar surface area (TPSA) is 58.6 Å². The van der Waals surface area contributed by atoms with Gasteiger partial charge in [0.05, 0.1) is 23.9 Å². The Hall–Kier alpha value is -3.03. The molecule has 3 rings (SSSR count). The van der Waals surface area contributed by atoms with Crippen LogP contribution in [0.15, 0.2) is 36.4 Å². The number of benzene rings is 2.